The van der Waals surface area contributed by atoms with Gasteiger partial charge in [0.1, 0.15) is 10.6 Å². The first kappa shape index (κ1) is 19.9. The SMILES string of the molecule is CCOC(=O)c1cc2c(c(CSc3nc4sc(C)c(C)c4c(=O)[nH]3)c1)OCOC2. The number of benzene rings is 1. The average molecular weight is 433 g/mol. The van der Waals surface area contributed by atoms with Crippen molar-refractivity contribution in [2.75, 3.05) is 13.4 Å². The minimum Gasteiger partial charge on any atom is -0.467 e. The summed E-state index contributed by atoms with van der Waals surface area (Å²) in [5.41, 5.74) is 2.93. The van der Waals surface area contributed by atoms with Crippen molar-refractivity contribution in [1.29, 1.82) is 0 Å². The topological polar surface area (TPSA) is 90.5 Å². The molecule has 0 bridgehead atoms. The van der Waals surface area contributed by atoms with Crippen LogP contribution >= 0.6 is 23.1 Å². The highest BCUT2D eigenvalue weighted by Crippen LogP contribution is 2.34. The van der Waals surface area contributed by atoms with Gasteiger partial charge in [0.05, 0.1) is 24.2 Å². The molecular weight excluding hydrogens is 412 g/mol. The summed E-state index contributed by atoms with van der Waals surface area (Å²) in [5, 5.41) is 1.19. The van der Waals surface area contributed by atoms with Crippen LogP contribution in [0.4, 0.5) is 0 Å². The van der Waals surface area contributed by atoms with Crippen LogP contribution in [0.1, 0.15) is 38.8 Å². The fourth-order valence-corrected chi connectivity index (χ4v) is 5.10. The lowest BCUT2D eigenvalue weighted by atomic mass is 10.0. The van der Waals surface area contributed by atoms with Crippen LogP contribution < -0.4 is 10.3 Å². The standard InChI is InChI=1S/C20H20N2O5S2/c1-4-26-19(24)12-5-13-7-25-9-27-16(13)14(6-12)8-28-20-21-17(23)15-10(2)11(3)29-18(15)22-20/h5-6H,4,7-9H2,1-3H3,(H,21,22,23). The van der Waals surface area contributed by atoms with Gasteiger partial charge in [-0.15, -0.1) is 11.3 Å². The number of aromatic nitrogens is 2. The number of aromatic amines is 1. The Labute approximate surface area is 175 Å². The molecule has 0 spiro atoms. The molecule has 29 heavy (non-hydrogen) atoms. The first-order valence-corrected chi connectivity index (χ1v) is 10.9. The van der Waals surface area contributed by atoms with E-state index in [2.05, 4.69) is 9.97 Å². The second kappa shape index (κ2) is 8.17. The van der Waals surface area contributed by atoms with E-state index in [-0.39, 0.29) is 18.3 Å². The van der Waals surface area contributed by atoms with Gasteiger partial charge >= 0.3 is 5.97 Å². The van der Waals surface area contributed by atoms with Crippen LogP contribution in [0.25, 0.3) is 10.2 Å². The number of fused-ring (bicyclic) bond motifs is 2. The van der Waals surface area contributed by atoms with Gasteiger partial charge in [0, 0.05) is 21.8 Å². The molecule has 0 saturated heterocycles. The number of thiophene rings is 1. The number of rotatable bonds is 5. The van der Waals surface area contributed by atoms with Crippen molar-refractivity contribution < 1.29 is 19.0 Å². The van der Waals surface area contributed by atoms with E-state index in [1.807, 2.05) is 13.8 Å². The molecule has 0 amide bonds. The van der Waals surface area contributed by atoms with Crippen LogP contribution in [0.5, 0.6) is 5.75 Å². The van der Waals surface area contributed by atoms with Crippen LogP contribution in [-0.4, -0.2) is 29.3 Å². The Hall–Kier alpha value is -2.36. The Balaban J connectivity index is 1.65. The molecule has 3 aromatic rings. The zero-order chi connectivity index (χ0) is 20.5. The van der Waals surface area contributed by atoms with Gasteiger partial charge in [0.15, 0.2) is 11.9 Å². The lowest BCUT2D eigenvalue weighted by Gasteiger charge is -2.21. The summed E-state index contributed by atoms with van der Waals surface area (Å²) >= 11 is 2.91. The molecule has 152 valence electrons. The number of nitrogens with zero attached hydrogens (tertiary/aromatic N) is 1. The molecule has 0 aliphatic carbocycles. The third-order valence-electron chi connectivity index (χ3n) is 4.68. The van der Waals surface area contributed by atoms with E-state index >= 15 is 0 Å². The van der Waals surface area contributed by atoms with E-state index < -0.39 is 0 Å². The molecule has 0 unspecified atom stereocenters. The Bertz CT molecular complexity index is 1150. The molecular formula is C20H20N2O5S2. The number of nitrogens with one attached hydrogen (secondary N) is 1. The van der Waals surface area contributed by atoms with Crippen molar-refractivity contribution in [3.8, 4) is 5.75 Å². The molecule has 0 saturated carbocycles. The molecule has 9 heteroatoms. The Morgan fingerprint density at radius 3 is 3.00 bits per heavy atom. The highest BCUT2D eigenvalue weighted by molar-refractivity contribution is 7.98. The minimum absolute atomic E-state index is 0.133. The third-order valence-corrected chi connectivity index (χ3v) is 6.70. The molecule has 1 aliphatic rings. The fourth-order valence-electron chi connectivity index (χ4n) is 3.19. The van der Waals surface area contributed by atoms with Crippen molar-refractivity contribution in [1.82, 2.24) is 9.97 Å². The van der Waals surface area contributed by atoms with E-state index in [0.717, 1.165) is 26.4 Å². The largest absolute Gasteiger partial charge is 0.467 e. The maximum atomic E-state index is 12.5. The van der Waals surface area contributed by atoms with E-state index in [9.17, 15) is 9.59 Å². The summed E-state index contributed by atoms with van der Waals surface area (Å²) in [5.74, 6) is 0.806. The van der Waals surface area contributed by atoms with Crippen molar-refractivity contribution in [2.45, 2.75) is 38.3 Å². The zero-order valence-electron chi connectivity index (χ0n) is 16.3. The van der Waals surface area contributed by atoms with E-state index in [0.29, 0.717) is 40.8 Å². The Kier molecular flexibility index (Phi) is 5.62. The summed E-state index contributed by atoms with van der Waals surface area (Å²) in [6.45, 7) is 6.53. The number of H-pyrrole nitrogens is 1. The Morgan fingerprint density at radius 2 is 2.21 bits per heavy atom. The minimum atomic E-state index is -0.385. The predicted molar refractivity (Wildman–Crippen MR) is 112 cm³/mol. The smallest absolute Gasteiger partial charge is 0.338 e. The number of aryl methyl sites for hydroxylation is 2. The number of hydrogen-bond donors (Lipinski definition) is 1. The highest BCUT2D eigenvalue weighted by atomic mass is 32.2. The predicted octanol–water partition coefficient (Wildman–Crippen LogP) is 3.94. The molecule has 0 radical (unpaired) electrons. The lowest BCUT2D eigenvalue weighted by molar-refractivity contribution is -0.0169. The first-order valence-electron chi connectivity index (χ1n) is 9.14. The number of carbonyl (C=O) groups is 1. The van der Waals surface area contributed by atoms with Gasteiger partial charge in [0.2, 0.25) is 0 Å². The summed E-state index contributed by atoms with van der Waals surface area (Å²) in [4.78, 5) is 34.0. The normalized spacial score (nSPS) is 13.2. The number of ether oxygens (including phenoxy) is 3. The van der Waals surface area contributed by atoms with Gasteiger partial charge in [-0.2, -0.15) is 0 Å². The molecule has 2 aromatic heterocycles. The second-order valence-electron chi connectivity index (χ2n) is 6.58. The average Bonchev–Trinajstić information content (AvgIpc) is 3.00. The maximum Gasteiger partial charge on any atom is 0.338 e. The molecule has 1 aromatic carbocycles. The number of hydrogen-bond acceptors (Lipinski definition) is 8. The first-order chi connectivity index (χ1) is 14.0. The summed E-state index contributed by atoms with van der Waals surface area (Å²) in [6, 6.07) is 3.51. The number of thioether (sulfide) groups is 1. The van der Waals surface area contributed by atoms with Crippen molar-refractivity contribution >= 4 is 39.3 Å². The quantitative estimate of drug-likeness (QED) is 0.371. The van der Waals surface area contributed by atoms with Crippen LogP contribution in [0.15, 0.2) is 22.1 Å². The molecule has 7 nitrogen and oxygen atoms in total. The van der Waals surface area contributed by atoms with E-state index in [1.54, 1.807) is 19.1 Å². The molecule has 4 rings (SSSR count). The van der Waals surface area contributed by atoms with Gasteiger partial charge in [-0.05, 0) is 38.5 Å². The molecule has 0 fully saturated rings. The highest BCUT2D eigenvalue weighted by Gasteiger charge is 2.20. The lowest BCUT2D eigenvalue weighted by Crippen LogP contribution is -2.15. The third kappa shape index (κ3) is 3.90. The van der Waals surface area contributed by atoms with Gasteiger partial charge in [0.25, 0.3) is 5.56 Å². The van der Waals surface area contributed by atoms with Crippen LogP contribution in [-0.2, 0) is 21.8 Å². The van der Waals surface area contributed by atoms with Gasteiger partial charge in [-0.25, -0.2) is 9.78 Å². The molecule has 3 heterocycles. The summed E-state index contributed by atoms with van der Waals surface area (Å²) in [6.07, 6.45) is 0. The van der Waals surface area contributed by atoms with E-state index in [1.165, 1.54) is 23.1 Å². The number of carbonyl (C=O) groups excluding carboxylic acids is 1. The van der Waals surface area contributed by atoms with Gasteiger partial charge < -0.3 is 19.2 Å². The molecule has 0 atom stereocenters. The van der Waals surface area contributed by atoms with Gasteiger partial charge in [-0.3, -0.25) is 4.79 Å². The van der Waals surface area contributed by atoms with Crippen LogP contribution in [0, 0.1) is 13.8 Å². The summed E-state index contributed by atoms with van der Waals surface area (Å²) < 4.78 is 16.1. The fraction of sp³-hybridized carbons (Fsp3) is 0.350. The monoisotopic (exact) mass is 432 g/mol. The second-order valence-corrected chi connectivity index (χ2v) is 8.75. The Morgan fingerprint density at radius 1 is 1.38 bits per heavy atom. The zero-order valence-corrected chi connectivity index (χ0v) is 17.9. The van der Waals surface area contributed by atoms with Gasteiger partial charge in [-0.1, -0.05) is 11.8 Å². The molecule has 1 N–H and O–H groups in total. The summed E-state index contributed by atoms with van der Waals surface area (Å²) in [7, 11) is 0. The van der Waals surface area contributed by atoms with Crippen molar-refractivity contribution in [3.05, 3.63) is 49.6 Å². The molecule has 1 aliphatic heterocycles. The number of esters is 1. The van der Waals surface area contributed by atoms with Crippen LogP contribution in [0.3, 0.4) is 0 Å². The van der Waals surface area contributed by atoms with Crippen LogP contribution in [0.2, 0.25) is 0 Å². The van der Waals surface area contributed by atoms with E-state index in [4.69, 9.17) is 14.2 Å². The van der Waals surface area contributed by atoms with Crippen molar-refractivity contribution in [2.24, 2.45) is 0 Å². The maximum absolute atomic E-state index is 12.5. The van der Waals surface area contributed by atoms with Crippen molar-refractivity contribution in [3.63, 3.8) is 0 Å².